The summed E-state index contributed by atoms with van der Waals surface area (Å²) in [7, 11) is 0. The van der Waals surface area contributed by atoms with Crippen LogP contribution in [0.5, 0.6) is 0 Å². The molecule has 0 saturated heterocycles. The first-order valence-electron chi connectivity index (χ1n) is 9.17. The lowest BCUT2D eigenvalue weighted by molar-refractivity contribution is 0.880. The summed E-state index contributed by atoms with van der Waals surface area (Å²) in [4.78, 5) is 0. The number of hydrogen-bond donors (Lipinski definition) is 1. The predicted molar refractivity (Wildman–Crippen MR) is 115 cm³/mol. The molecule has 1 N–H and O–H groups in total. The highest BCUT2D eigenvalue weighted by molar-refractivity contribution is 5.52. The minimum atomic E-state index is 0. The van der Waals surface area contributed by atoms with E-state index >= 15 is 0 Å². The van der Waals surface area contributed by atoms with Gasteiger partial charge in [-0.2, -0.15) is 0 Å². The first-order chi connectivity index (χ1) is 12.5. The molecule has 0 amide bonds. The van der Waals surface area contributed by atoms with Crippen molar-refractivity contribution in [3.63, 3.8) is 0 Å². The number of hydrogen-bond acceptors (Lipinski definition) is 1. The van der Waals surface area contributed by atoms with Crippen LogP contribution in [0.4, 0.5) is 5.69 Å². The van der Waals surface area contributed by atoms with Crippen LogP contribution in [0.3, 0.4) is 0 Å². The van der Waals surface area contributed by atoms with Crippen molar-refractivity contribution < 1.29 is 1.43 Å². The van der Waals surface area contributed by atoms with E-state index in [-0.39, 0.29) is 1.43 Å². The lowest BCUT2D eigenvalue weighted by Crippen LogP contribution is -2.00. The van der Waals surface area contributed by atoms with Crippen LogP contribution in [0.25, 0.3) is 0 Å². The Kier molecular flexibility index (Phi) is 5.58. The lowest BCUT2D eigenvalue weighted by atomic mass is 10.0. The van der Waals surface area contributed by atoms with E-state index in [1.807, 2.05) is 0 Å². The Morgan fingerprint density at radius 3 is 2.27 bits per heavy atom. The maximum absolute atomic E-state index is 4.23. The van der Waals surface area contributed by atoms with Crippen LogP contribution in [0.15, 0.2) is 102 Å². The van der Waals surface area contributed by atoms with Crippen LogP contribution in [-0.4, -0.2) is 0 Å². The molecule has 0 bridgehead atoms. The van der Waals surface area contributed by atoms with Gasteiger partial charge >= 0.3 is 0 Å². The quantitative estimate of drug-likeness (QED) is 0.575. The van der Waals surface area contributed by atoms with Crippen LogP contribution in [0.1, 0.15) is 32.8 Å². The highest BCUT2D eigenvalue weighted by atomic mass is 14.9. The molecule has 0 aromatic heterocycles. The van der Waals surface area contributed by atoms with E-state index in [2.05, 4.69) is 99.1 Å². The first-order valence-corrected chi connectivity index (χ1v) is 9.17. The number of rotatable bonds is 7. The Balaban J connectivity index is 0.00000261. The molecule has 134 valence electrons. The molecule has 26 heavy (non-hydrogen) atoms. The zero-order valence-electron chi connectivity index (χ0n) is 15.8. The van der Waals surface area contributed by atoms with Crippen molar-refractivity contribution in [1.82, 2.24) is 0 Å². The standard InChI is InChI=1S/C25H27N.H2/c1-18-15-24(16-19(18)2)20(3)14-21(4)26-25-12-10-23(11-13-25)17-22-8-6-5-7-9-22;/h5-13,15-16,18,26H,3-4,14,17H2,1-2H3;1H. The molecule has 0 fully saturated rings. The van der Waals surface area contributed by atoms with Gasteiger partial charge in [0.2, 0.25) is 0 Å². The predicted octanol–water partition coefficient (Wildman–Crippen LogP) is 6.92. The van der Waals surface area contributed by atoms with Gasteiger partial charge in [0, 0.05) is 19.2 Å². The van der Waals surface area contributed by atoms with Gasteiger partial charge in [0.05, 0.1) is 0 Å². The van der Waals surface area contributed by atoms with Gasteiger partial charge in [-0.25, -0.2) is 0 Å². The van der Waals surface area contributed by atoms with Crippen molar-refractivity contribution in [2.45, 2.75) is 26.7 Å². The van der Waals surface area contributed by atoms with Crippen molar-refractivity contribution in [2.24, 2.45) is 5.92 Å². The second-order valence-corrected chi connectivity index (χ2v) is 7.17. The van der Waals surface area contributed by atoms with Crippen LogP contribution in [0.2, 0.25) is 0 Å². The van der Waals surface area contributed by atoms with Gasteiger partial charge < -0.3 is 5.32 Å². The molecule has 1 nitrogen and oxygen atoms in total. The molecular formula is C25H29N. The lowest BCUT2D eigenvalue weighted by Gasteiger charge is -2.12. The molecule has 1 unspecified atom stereocenters. The Morgan fingerprint density at radius 1 is 1.00 bits per heavy atom. The largest absolute Gasteiger partial charge is 0.359 e. The highest BCUT2D eigenvalue weighted by Gasteiger charge is 2.13. The van der Waals surface area contributed by atoms with E-state index in [0.29, 0.717) is 5.92 Å². The molecule has 2 aromatic carbocycles. The Bertz CT molecular complexity index is 857. The summed E-state index contributed by atoms with van der Waals surface area (Å²) in [5.74, 6) is 0.514. The van der Waals surface area contributed by atoms with Crippen LogP contribution >= 0.6 is 0 Å². The Morgan fingerprint density at radius 2 is 1.65 bits per heavy atom. The average molecular weight is 344 g/mol. The molecule has 2 aromatic rings. The van der Waals surface area contributed by atoms with Gasteiger partial charge in [-0.05, 0) is 53.7 Å². The molecule has 1 heteroatoms. The van der Waals surface area contributed by atoms with E-state index in [1.165, 1.54) is 22.3 Å². The highest BCUT2D eigenvalue weighted by Crippen LogP contribution is 2.29. The van der Waals surface area contributed by atoms with Gasteiger partial charge in [-0.1, -0.05) is 80.3 Å². The second kappa shape index (κ2) is 8.05. The smallest absolute Gasteiger partial charge is 0.0381 e. The zero-order chi connectivity index (χ0) is 18.5. The van der Waals surface area contributed by atoms with Crippen molar-refractivity contribution in [3.05, 3.63) is 113 Å². The van der Waals surface area contributed by atoms with Gasteiger partial charge in [-0.15, -0.1) is 0 Å². The Labute approximate surface area is 159 Å². The fourth-order valence-electron chi connectivity index (χ4n) is 3.19. The SMILES string of the molecule is C=C(CC(=C)C1=CC(C)C(C)=C1)Nc1ccc(Cc2ccccc2)cc1.[HH]. The molecule has 0 aliphatic heterocycles. The summed E-state index contributed by atoms with van der Waals surface area (Å²) in [5.41, 5.74) is 8.44. The minimum absolute atomic E-state index is 0. The molecule has 0 radical (unpaired) electrons. The van der Waals surface area contributed by atoms with Gasteiger partial charge in [0.15, 0.2) is 0 Å². The molecule has 1 aliphatic carbocycles. The number of allylic oxidation sites excluding steroid dienone is 5. The van der Waals surface area contributed by atoms with Crippen molar-refractivity contribution >= 4 is 5.69 Å². The molecule has 0 saturated carbocycles. The fourth-order valence-corrected chi connectivity index (χ4v) is 3.19. The van der Waals surface area contributed by atoms with E-state index in [0.717, 1.165) is 29.8 Å². The minimum Gasteiger partial charge on any atom is -0.359 e. The van der Waals surface area contributed by atoms with Crippen LogP contribution in [0, 0.1) is 5.92 Å². The molecule has 3 rings (SSSR count). The summed E-state index contributed by atoms with van der Waals surface area (Å²) < 4.78 is 0. The third-order valence-electron chi connectivity index (χ3n) is 4.89. The van der Waals surface area contributed by atoms with Crippen molar-refractivity contribution in [1.29, 1.82) is 0 Å². The molecule has 1 aliphatic rings. The third-order valence-corrected chi connectivity index (χ3v) is 4.89. The van der Waals surface area contributed by atoms with E-state index < -0.39 is 0 Å². The van der Waals surface area contributed by atoms with Crippen LogP contribution in [-0.2, 0) is 6.42 Å². The summed E-state index contributed by atoms with van der Waals surface area (Å²) in [5, 5.41) is 3.41. The molecule has 0 heterocycles. The average Bonchev–Trinajstić information content (AvgIpc) is 2.97. The fraction of sp³-hybridized carbons (Fsp3) is 0.200. The monoisotopic (exact) mass is 343 g/mol. The number of anilines is 1. The number of benzene rings is 2. The van der Waals surface area contributed by atoms with Crippen LogP contribution < -0.4 is 5.32 Å². The summed E-state index contributed by atoms with van der Waals surface area (Å²) >= 11 is 0. The zero-order valence-corrected chi connectivity index (χ0v) is 15.8. The summed E-state index contributed by atoms with van der Waals surface area (Å²) in [6.45, 7) is 12.8. The summed E-state index contributed by atoms with van der Waals surface area (Å²) in [6.07, 6.45) is 6.23. The van der Waals surface area contributed by atoms with Crippen molar-refractivity contribution in [2.75, 3.05) is 5.32 Å². The van der Waals surface area contributed by atoms with Gasteiger partial charge in [-0.3, -0.25) is 0 Å². The Hall–Kier alpha value is -2.80. The summed E-state index contributed by atoms with van der Waals surface area (Å²) in [6, 6.07) is 19.1. The second-order valence-electron chi connectivity index (χ2n) is 7.17. The van der Waals surface area contributed by atoms with E-state index in [4.69, 9.17) is 0 Å². The molecule has 0 spiro atoms. The van der Waals surface area contributed by atoms with Gasteiger partial charge in [0.1, 0.15) is 0 Å². The maximum atomic E-state index is 4.23. The first kappa shape index (κ1) is 18.0. The van der Waals surface area contributed by atoms with E-state index in [1.54, 1.807) is 0 Å². The van der Waals surface area contributed by atoms with E-state index in [9.17, 15) is 0 Å². The van der Waals surface area contributed by atoms with Crippen molar-refractivity contribution in [3.8, 4) is 0 Å². The maximum Gasteiger partial charge on any atom is 0.0381 e. The van der Waals surface area contributed by atoms with Gasteiger partial charge in [0.25, 0.3) is 0 Å². The topological polar surface area (TPSA) is 12.0 Å². The third kappa shape index (κ3) is 4.64. The normalized spacial score (nSPS) is 16.0. The molecular weight excluding hydrogens is 314 g/mol. The number of nitrogens with one attached hydrogen (secondary N) is 1. The molecule has 1 atom stereocenters.